The molecule has 0 saturated carbocycles. The Bertz CT molecular complexity index is 1100. The Morgan fingerprint density at radius 1 is 1.18 bits per heavy atom. The van der Waals surface area contributed by atoms with E-state index in [0.29, 0.717) is 15.0 Å². The lowest BCUT2D eigenvalue weighted by atomic mass is 10.1. The van der Waals surface area contributed by atoms with Gasteiger partial charge in [-0.2, -0.15) is 0 Å². The SMILES string of the molecule is Cc1cccc(C)c1-n1c(C)cc(C=C2SC(=N)C(c3nccs3)C2=O)c1C. The highest BCUT2D eigenvalue weighted by atomic mass is 32.2. The van der Waals surface area contributed by atoms with Gasteiger partial charge in [0.1, 0.15) is 10.9 Å². The quantitative estimate of drug-likeness (QED) is 0.576. The largest absolute Gasteiger partial charge is 0.317 e. The molecule has 0 radical (unpaired) electrons. The van der Waals surface area contributed by atoms with Gasteiger partial charge >= 0.3 is 0 Å². The molecule has 0 aliphatic carbocycles. The number of aromatic nitrogens is 2. The average Bonchev–Trinajstić information content (AvgIpc) is 3.31. The Morgan fingerprint density at radius 3 is 2.54 bits per heavy atom. The lowest BCUT2D eigenvalue weighted by Gasteiger charge is -2.15. The predicted octanol–water partition coefficient (Wildman–Crippen LogP) is 5.59. The number of nitrogens with zero attached hydrogens (tertiary/aromatic N) is 2. The highest BCUT2D eigenvalue weighted by molar-refractivity contribution is 8.19. The van der Waals surface area contributed by atoms with Gasteiger partial charge in [0.25, 0.3) is 0 Å². The van der Waals surface area contributed by atoms with Crippen molar-refractivity contribution in [3.8, 4) is 5.69 Å². The third-order valence-corrected chi connectivity index (χ3v) is 6.94. The van der Waals surface area contributed by atoms with Crippen molar-refractivity contribution in [2.24, 2.45) is 0 Å². The number of ketones is 1. The summed E-state index contributed by atoms with van der Waals surface area (Å²) in [6.07, 6.45) is 3.62. The van der Waals surface area contributed by atoms with Crippen LogP contribution < -0.4 is 0 Å². The lowest BCUT2D eigenvalue weighted by Crippen LogP contribution is -2.11. The van der Waals surface area contributed by atoms with Gasteiger partial charge in [0.05, 0.1) is 15.6 Å². The number of hydrogen-bond donors (Lipinski definition) is 1. The van der Waals surface area contributed by atoms with Crippen LogP contribution in [0.5, 0.6) is 0 Å². The van der Waals surface area contributed by atoms with Crippen molar-refractivity contribution in [2.75, 3.05) is 0 Å². The molecule has 0 bridgehead atoms. The van der Waals surface area contributed by atoms with E-state index in [1.165, 1.54) is 39.9 Å². The summed E-state index contributed by atoms with van der Waals surface area (Å²) in [4.78, 5) is 17.8. The van der Waals surface area contributed by atoms with Crippen LogP contribution in [0.15, 0.2) is 40.7 Å². The minimum atomic E-state index is -0.543. The number of carbonyl (C=O) groups is 1. The Balaban J connectivity index is 1.76. The summed E-state index contributed by atoms with van der Waals surface area (Å²) < 4.78 is 2.25. The van der Waals surface area contributed by atoms with Gasteiger partial charge in [-0.05, 0) is 56.5 Å². The number of nitrogens with one attached hydrogen (secondary N) is 1. The zero-order valence-electron chi connectivity index (χ0n) is 16.2. The first-order valence-electron chi connectivity index (χ1n) is 9.05. The van der Waals surface area contributed by atoms with Crippen LogP contribution in [0, 0.1) is 33.1 Å². The summed E-state index contributed by atoms with van der Waals surface area (Å²) in [6, 6.07) is 8.43. The van der Waals surface area contributed by atoms with E-state index in [0.717, 1.165) is 17.0 Å². The number of carbonyl (C=O) groups excluding carboxylic acids is 1. The van der Waals surface area contributed by atoms with Crippen LogP contribution in [0.1, 0.15) is 39.0 Å². The number of rotatable bonds is 3. The summed E-state index contributed by atoms with van der Waals surface area (Å²) >= 11 is 2.68. The number of aryl methyl sites for hydroxylation is 3. The molecule has 1 aliphatic heterocycles. The molecular weight excluding hydrogens is 386 g/mol. The average molecular weight is 408 g/mol. The maximum atomic E-state index is 12.9. The third-order valence-electron chi connectivity index (χ3n) is 5.11. The smallest absolute Gasteiger partial charge is 0.186 e. The number of hydrogen-bond acceptors (Lipinski definition) is 5. The Morgan fingerprint density at radius 2 is 1.89 bits per heavy atom. The standard InChI is InChI=1S/C22H21N3OS2/c1-12-6-5-7-13(2)19(12)25-14(3)10-16(15(25)4)11-17-20(26)18(21(23)28-17)22-24-8-9-27-22/h5-11,18,23H,1-4H3. The summed E-state index contributed by atoms with van der Waals surface area (Å²) in [5.74, 6) is -0.569. The number of para-hydroxylation sites is 1. The van der Waals surface area contributed by atoms with Gasteiger partial charge in [-0.3, -0.25) is 10.2 Å². The second-order valence-corrected chi connectivity index (χ2v) is 9.05. The topological polar surface area (TPSA) is 58.7 Å². The number of Topliss-reactive ketones (excluding diaryl/α,β-unsaturated/α-hetero) is 1. The maximum Gasteiger partial charge on any atom is 0.186 e. The Hall–Kier alpha value is -2.44. The summed E-state index contributed by atoms with van der Waals surface area (Å²) in [7, 11) is 0. The first kappa shape index (κ1) is 18.9. The molecule has 142 valence electrons. The van der Waals surface area contributed by atoms with E-state index >= 15 is 0 Å². The number of thiazole rings is 1. The molecule has 28 heavy (non-hydrogen) atoms. The highest BCUT2D eigenvalue weighted by Crippen LogP contribution is 2.41. The van der Waals surface area contributed by atoms with E-state index < -0.39 is 5.92 Å². The van der Waals surface area contributed by atoms with Crippen molar-refractivity contribution in [1.29, 1.82) is 5.41 Å². The molecule has 1 saturated heterocycles. The fourth-order valence-electron chi connectivity index (χ4n) is 3.77. The molecular formula is C22H21N3OS2. The molecule has 1 aliphatic rings. The monoisotopic (exact) mass is 407 g/mol. The second-order valence-electron chi connectivity index (χ2n) is 7.04. The highest BCUT2D eigenvalue weighted by Gasteiger charge is 2.38. The van der Waals surface area contributed by atoms with E-state index in [1.54, 1.807) is 6.20 Å². The van der Waals surface area contributed by atoms with Crippen LogP contribution in [0.2, 0.25) is 0 Å². The second kappa shape index (κ2) is 7.18. The minimum Gasteiger partial charge on any atom is -0.317 e. The van der Waals surface area contributed by atoms with Crippen LogP contribution in [0.4, 0.5) is 0 Å². The third kappa shape index (κ3) is 3.06. The van der Waals surface area contributed by atoms with E-state index in [9.17, 15) is 4.79 Å². The van der Waals surface area contributed by atoms with E-state index in [2.05, 4.69) is 61.5 Å². The summed E-state index contributed by atoms with van der Waals surface area (Å²) in [6.45, 7) is 8.41. The Labute approximate surface area is 172 Å². The molecule has 3 aromatic rings. The van der Waals surface area contributed by atoms with Crippen LogP contribution >= 0.6 is 23.1 Å². The molecule has 1 unspecified atom stereocenters. The van der Waals surface area contributed by atoms with Gasteiger partial charge in [0.2, 0.25) is 0 Å². The molecule has 0 amide bonds. The van der Waals surface area contributed by atoms with Gasteiger partial charge in [-0.25, -0.2) is 4.98 Å². The Kier molecular flexibility index (Phi) is 4.85. The molecule has 0 spiro atoms. The summed E-state index contributed by atoms with van der Waals surface area (Å²) in [5, 5.41) is 11.2. The first-order chi connectivity index (χ1) is 13.4. The molecule has 2 aromatic heterocycles. The van der Waals surface area contributed by atoms with E-state index in [1.807, 2.05) is 11.5 Å². The van der Waals surface area contributed by atoms with Crippen LogP contribution in [-0.4, -0.2) is 20.4 Å². The minimum absolute atomic E-state index is 0.0261. The summed E-state index contributed by atoms with van der Waals surface area (Å²) in [5.41, 5.74) is 6.88. The molecule has 1 N–H and O–H groups in total. The zero-order chi connectivity index (χ0) is 20.0. The van der Waals surface area contributed by atoms with E-state index in [4.69, 9.17) is 5.41 Å². The van der Waals surface area contributed by atoms with Crippen LogP contribution in [-0.2, 0) is 4.79 Å². The van der Waals surface area contributed by atoms with Crippen molar-refractivity contribution in [3.05, 3.63) is 73.8 Å². The van der Waals surface area contributed by atoms with Crippen LogP contribution in [0.3, 0.4) is 0 Å². The van der Waals surface area contributed by atoms with Gasteiger partial charge in [-0.1, -0.05) is 30.0 Å². The fourth-order valence-corrected chi connectivity index (χ4v) is 5.56. The van der Waals surface area contributed by atoms with E-state index in [-0.39, 0.29) is 5.78 Å². The zero-order valence-corrected chi connectivity index (χ0v) is 17.9. The number of allylic oxidation sites excluding steroid dienone is 1. The predicted molar refractivity (Wildman–Crippen MR) is 118 cm³/mol. The fraction of sp³-hybridized carbons (Fsp3) is 0.227. The molecule has 4 nitrogen and oxygen atoms in total. The van der Waals surface area contributed by atoms with Crippen molar-refractivity contribution < 1.29 is 4.79 Å². The van der Waals surface area contributed by atoms with Crippen molar-refractivity contribution in [2.45, 2.75) is 33.6 Å². The van der Waals surface area contributed by atoms with Gasteiger partial charge in [0, 0.05) is 23.0 Å². The number of benzene rings is 1. The molecule has 3 heterocycles. The molecule has 1 fully saturated rings. The van der Waals surface area contributed by atoms with Gasteiger partial charge < -0.3 is 4.57 Å². The van der Waals surface area contributed by atoms with Gasteiger partial charge in [0.15, 0.2) is 5.78 Å². The van der Waals surface area contributed by atoms with Crippen molar-refractivity contribution >= 4 is 40.0 Å². The van der Waals surface area contributed by atoms with Gasteiger partial charge in [-0.15, -0.1) is 11.3 Å². The number of thioether (sulfide) groups is 1. The first-order valence-corrected chi connectivity index (χ1v) is 10.7. The molecule has 6 heteroatoms. The molecule has 1 aromatic carbocycles. The molecule has 1 atom stereocenters. The van der Waals surface area contributed by atoms with Crippen molar-refractivity contribution in [1.82, 2.24) is 9.55 Å². The molecule has 4 rings (SSSR count). The maximum absolute atomic E-state index is 12.9. The van der Waals surface area contributed by atoms with Crippen LogP contribution in [0.25, 0.3) is 11.8 Å². The lowest BCUT2D eigenvalue weighted by molar-refractivity contribution is -0.114. The van der Waals surface area contributed by atoms with Crippen molar-refractivity contribution in [3.63, 3.8) is 0 Å². The normalized spacial score (nSPS) is 18.4.